The highest BCUT2D eigenvalue weighted by Gasteiger charge is 2.19. The molecule has 148 valence electrons. The van der Waals surface area contributed by atoms with Crippen molar-refractivity contribution >= 4 is 33.6 Å². The number of ketones is 1. The van der Waals surface area contributed by atoms with Gasteiger partial charge in [-0.15, -0.1) is 0 Å². The number of aromatic nitrogens is 1. The van der Waals surface area contributed by atoms with Crippen molar-refractivity contribution in [3.05, 3.63) is 65.5 Å². The Morgan fingerprint density at radius 1 is 1.03 bits per heavy atom. The molecule has 0 unspecified atom stereocenters. The predicted molar refractivity (Wildman–Crippen MR) is 109 cm³/mol. The SMILES string of the molecule is CC(C)(C)OC(=O)Cc1ccc2[nH]c(C(=O)c3cc4cc(O)ccc4o3)cc2c1. The number of furan rings is 1. The van der Waals surface area contributed by atoms with Gasteiger partial charge in [0.15, 0.2) is 5.76 Å². The Bertz CT molecular complexity index is 1240. The van der Waals surface area contributed by atoms with E-state index in [1.807, 2.05) is 39.0 Å². The molecule has 6 heteroatoms. The number of H-pyrrole nitrogens is 1. The maximum atomic E-state index is 12.8. The van der Waals surface area contributed by atoms with E-state index in [2.05, 4.69) is 4.98 Å². The number of benzene rings is 2. The van der Waals surface area contributed by atoms with Crippen LogP contribution in [0, 0.1) is 0 Å². The van der Waals surface area contributed by atoms with E-state index in [0.29, 0.717) is 16.7 Å². The summed E-state index contributed by atoms with van der Waals surface area (Å²) in [4.78, 5) is 28.0. The minimum absolute atomic E-state index is 0.112. The zero-order valence-corrected chi connectivity index (χ0v) is 16.4. The van der Waals surface area contributed by atoms with Crippen molar-refractivity contribution in [1.29, 1.82) is 0 Å². The van der Waals surface area contributed by atoms with Gasteiger partial charge in [0.1, 0.15) is 16.9 Å². The third-order valence-electron chi connectivity index (χ3n) is 4.42. The van der Waals surface area contributed by atoms with Crippen LogP contribution >= 0.6 is 0 Å². The van der Waals surface area contributed by atoms with Crippen LogP contribution in [0.2, 0.25) is 0 Å². The molecule has 0 aliphatic heterocycles. The average molecular weight is 391 g/mol. The van der Waals surface area contributed by atoms with Gasteiger partial charge in [-0.3, -0.25) is 9.59 Å². The first-order valence-corrected chi connectivity index (χ1v) is 9.29. The second kappa shape index (κ2) is 6.81. The van der Waals surface area contributed by atoms with Gasteiger partial charge in [-0.1, -0.05) is 6.07 Å². The van der Waals surface area contributed by atoms with Crippen LogP contribution in [-0.2, 0) is 16.0 Å². The lowest BCUT2D eigenvalue weighted by Crippen LogP contribution is -2.24. The first-order chi connectivity index (χ1) is 13.7. The summed E-state index contributed by atoms with van der Waals surface area (Å²) in [5.74, 6) is -0.286. The number of hydrogen-bond acceptors (Lipinski definition) is 5. The van der Waals surface area contributed by atoms with Crippen molar-refractivity contribution in [2.24, 2.45) is 0 Å². The molecule has 0 saturated carbocycles. The van der Waals surface area contributed by atoms with Crippen molar-refractivity contribution in [3.8, 4) is 5.75 Å². The van der Waals surface area contributed by atoms with E-state index in [0.717, 1.165) is 16.5 Å². The van der Waals surface area contributed by atoms with Crippen molar-refractivity contribution in [3.63, 3.8) is 0 Å². The Morgan fingerprint density at radius 2 is 1.83 bits per heavy atom. The van der Waals surface area contributed by atoms with Crippen LogP contribution in [0.4, 0.5) is 0 Å². The molecule has 0 atom stereocenters. The topological polar surface area (TPSA) is 92.5 Å². The summed E-state index contributed by atoms with van der Waals surface area (Å²) < 4.78 is 11.0. The minimum atomic E-state index is -0.530. The molecule has 0 fully saturated rings. The zero-order chi connectivity index (χ0) is 20.8. The summed E-state index contributed by atoms with van der Waals surface area (Å²) in [5.41, 5.74) is 1.98. The van der Waals surface area contributed by atoms with Crippen molar-refractivity contribution in [2.75, 3.05) is 0 Å². The van der Waals surface area contributed by atoms with Crippen LogP contribution in [0.5, 0.6) is 5.75 Å². The van der Waals surface area contributed by atoms with E-state index in [1.54, 1.807) is 24.3 Å². The summed E-state index contributed by atoms with van der Waals surface area (Å²) >= 11 is 0. The van der Waals surface area contributed by atoms with Gasteiger partial charge >= 0.3 is 5.97 Å². The molecule has 0 radical (unpaired) electrons. The standard InChI is InChI=1S/C23H21NO5/c1-23(2,3)29-21(26)9-13-4-6-17-14(8-13)11-18(24-17)22(27)20-12-15-10-16(25)5-7-19(15)28-20/h4-8,10-12,24-25H,9H2,1-3H3. The number of esters is 1. The quantitative estimate of drug-likeness (QED) is 0.387. The Balaban J connectivity index is 1.59. The van der Waals surface area contributed by atoms with Gasteiger partial charge in [-0.05, 0) is 68.8 Å². The summed E-state index contributed by atoms with van der Waals surface area (Å²) in [7, 11) is 0. The van der Waals surface area contributed by atoms with E-state index < -0.39 is 5.60 Å². The number of hydrogen-bond donors (Lipinski definition) is 2. The largest absolute Gasteiger partial charge is 0.508 e. The van der Waals surface area contributed by atoms with Gasteiger partial charge in [-0.25, -0.2) is 0 Å². The molecule has 2 N–H and O–H groups in total. The summed E-state index contributed by atoms with van der Waals surface area (Å²) in [6, 6.07) is 13.6. The summed E-state index contributed by atoms with van der Waals surface area (Å²) in [6.45, 7) is 5.49. The lowest BCUT2D eigenvalue weighted by atomic mass is 10.1. The smallest absolute Gasteiger partial charge is 0.310 e. The average Bonchev–Trinajstić information content (AvgIpc) is 3.22. The van der Waals surface area contributed by atoms with Crippen LogP contribution in [0.25, 0.3) is 21.9 Å². The van der Waals surface area contributed by atoms with Gasteiger partial charge in [0, 0.05) is 16.3 Å². The van der Waals surface area contributed by atoms with Crippen LogP contribution in [0.3, 0.4) is 0 Å². The molecule has 2 heterocycles. The molecular weight excluding hydrogens is 370 g/mol. The first kappa shape index (κ1) is 18.8. The van der Waals surface area contributed by atoms with Gasteiger partial charge in [-0.2, -0.15) is 0 Å². The minimum Gasteiger partial charge on any atom is -0.508 e. The van der Waals surface area contributed by atoms with Crippen LogP contribution in [0.1, 0.15) is 42.6 Å². The molecule has 4 rings (SSSR count). The fraction of sp³-hybridized carbons (Fsp3) is 0.217. The second-order valence-electron chi connectivity index (χ2n) is 8.03. The molecule has 2 aromatic carbocycles. The zero-order valence-electron chi connectivity index (χ0n) is 16.4. The molecule has 0 aliphatic carbocycles. The Labute approximate surface area is 167 Å². The number of phenolic OH excluding ortho intramolecular Hbond substituents is 1. The molecule has 29 heavy (non-hydrogen) atoms. The number of carbonyl (C=O) groups excluding carboxylic acids is 2. The molecule has 0 bridgehead atoms. The summed E-state index contributed by atoms with van der Waals surface area (Å²) in [5, 5.41) is 11.1. The maximum absolute atomic E-state index is 12.8. The fourth-order valence-corrected chi connectivity index (χ4v) is 3.23. The highest BCUT2D eigenvalue weighted by molar-refractivity contribution is 6.10. The number of aromatic hydroxyl groups is 1. The molecular formula is C23H21NO5. The van der Waals surface area contributed by atoms with E-state index >= 15 is 0 Å². The lowest BCUT2D eigenvalue weighted by molar-refractivity contribution is -0.153. The monoisotopic (exact) mass is 391 g/mol. The molecule has 0 saturated heterocycles. The Hall–Kier alpha value is -3.54. The van der Waals surface area contributed by atoms with E-state index in [9.17, 15) is 14.7 Å². The van der Waals surface area contributed by atoms with Gasteiger partial charge < -0.3 is 19.2 Å². The predicted octanol–water partition coefficient (Wildman–Crippen LogP) is 4.73. The molecule has 0 spiro atoms. The highest BCUT2D eigenvalue weighted by atomic mass is 16.6. The van der Waals surface area contributed by atoms with Crippen molar-refractivity contribution < 1.29 is 23.8 Å². The molecule has 4 aromatic rings. The normalized spacial score (nSPS) is 11.8. The number of ether oxygens (including phenoxy) is 1. The van der Waals surface area contributed by atoms with E-state index in [1.165, 1.54) is 6.07 Å². The first-order valence-electron chi connectivity index (χ1n) is 9.29. The Kier molecular flexibility index (Phi) is 4.42. The third-order valence-corrected chi connectivity index (χ3v) is 4.42. The number of aromatic amines is 1. The maximum Gasteiger partial charge on any atom is 0.310 e. The van der Waals surface area contributed by atoms with Gasteiger partial charge in [0.05, 0.1) is 12.1 Å². The van der Waals surface area contributed by atoms with Gasteiger partial charge in [0.25, 0.3) is 0 Å². The van der Waals surface area contributed by atoms with Crippen LogP contribution < -0.4 is 0 Å². The second-order valence-corrected chi connectivity index (χ2v) is 8.03. The number of carbonyl (C=O) groups is 2. The third kappa shape index (κ3) is 4.01. The highest BCUT2D eigenvalue weighted by Crippen LogP contribution is 2.26. The van der Waals surface area contributed by atoms with Crippen molar-refractivity contribution in [1.82, 2.24) is 4.98 Å². The lowest BCUT2D eigenvalue weighted by Gasteiger charge is -2.19. The Morgan fingerprint density at radius 3 is 2.59 bits per heavy atom. The molecule has 2 aromatic heterocycles. The van der Waals surface area contributed by atoms with Crippen LogP contribution in [0.15, 0.2) is 52.9 Å². The van der Waals surface area contributed by atoms with Gasteiger partial charge in [0.2, 0.25) is 5.78 Å². The molecule has 0 aliphatic rings. The van der Waals surface area contributed by atoms with Crippen LogP contribution in [-0.4, -0.2) is 27.4 Å². The number of phenols is 1. The summed E-state index contributed by atoms with van der Waals surface area (Å²) in [6.07, 6.45) is 0.161. The van der Waals surface area contributed by atoms with Crippen molar-refractivity contribution in [2.45, 2.75) is 32.8 Å². The molecule has 0 amide bonds. The number of nitrogens with one attached hydrogen (secondary N) is 1. The number of fused-ring (bicyclic) bond motifs is 2. The van der Waals surface area contributed by atoms with E-state index in [-0.39, 0.29) is 29.7 Å². The number of rotatable bonds is 4. The molecule has 6 nitrogen and oxygen atoms in total. The fourth-order valence-electron chi connectivity index (χ4n) is 3.23. The van der Waals surface area contributed by atoms with E-state index in [4.69, 9.17) is 9.15 Å².